The number of nitrogens with one attached hydrogen (secondary N) is 2. The van der Waals surface area contributed by atoms with E-state index in [9.17, 15) is 9.50 Å². The molecule has 1 aliphatic carbocycles. The third kappa shape index (κ3) is 4.07. The number of halogens is 1. The van der Waals surface area contributed by atoms with Gasteiger partial charge >= 0.3 is 0 Å². The molecule has 2 aliphatic rings. The molecule has 1 aromatic heterocycles. The molecule has 0 spiro atoms. The summed E-state index contributed by atoms with van der Waals surface area (Å²) in [5, 5.41) is 17.1. The van der Waals surface area contributed by atoms with Gasteiger partial charge in [-0.05, 0) is 56.2 Å². The molecule has 5 nitrogen and oxygen atoms in total. The number of hydrogen-bond donors (Lipinski definition) is 4. The molecule has 0 radical (unpaired) electrons. The smallest absolute Gasteiger partial charge is 0.153 e. The van der Waals surface area contributed by atoms with Crippen molar-refractivity contribution in [3.05, 3.63) is 59.5 Å². The van der Waals surface area contributed by atoms with Crippen molar-refractivity contribution in [2.45, 2.75) is 49.7 Å². The number of pyridine rings is 1. The van der Waals surface area contributed by atoms with Gasteiger partial charge in [-0.1, -0.05) is 12.8 Å². The highest BCUT2D eigenvalue weighted by Crippen LogP contribution is 2.40. The van der Waals surface area contributed by atoms with Crippen LogP contribution in [-0.2, 0) is 0 Å². The lowest BCUT2D eigenvalue weighted by atomic mass is 9.92. The van der Waals surface area contributed by atoms with Crippen molar-refractivity contribution in [2.24, 2.45) is 0 Å². The molecular weight excluding hydrogens is 387 g/mol. The summed E-state index contributed by atoms with van der Waals surface area (Å²) in [7, 11) is 1.98. The first-order valence-electron chi connectivity index (χ1n) is 10.0. The van der Waals surface area contributed by atoms with Crippen LogP contribution in [0.1, 0.15) is 43.7 Å². The largest absolute Gasteiger partial charge is 0.391 e. The first-order chi connectivity index (χ1) is 13.8. The fourth-order valence-electron chi connectivity index (χ4n) is 4.06. The molecule has 1 fully saturated rings. The molecular formula is C22H27FN4OS. The zero-order chi connectivity index (χ0) is 20.6. The third-order valence-electron chi connectivity index (χ3n) is 5.82. The van der Waals surface area contributed by atoms with Gasteiger partial charge in [-0.15, -0.1) is 12.6 Å². The highest BCUT2D eigenvalue weighted by atomic mass is 32.1. The van der Waals surface area contributed by atoms with Crippen molar-refractivity contribution in [1.29, 1.82) is 0 Å². The van der Waals surface area contributed by atoms with Crippen molar-refractivity contribution in [3.8, 4) is 0 Å². The van der Waals surface area contributed by atoms with Crippen LogP contribution >= 0.6 is 12.6 Å². The van der Waals surface area contributed by atoms with E-state index in [4.69, 9.17) is 12.6 Å². The third-order valence-corrected chi connectivity index (χ3v) is 6.23. The molecule has 1 unspecified atom stereocenters. The molecule has 0 bridgehead atoms. The van der Waals surface area contributed by atoms with Gasteiger partial charge in [0.25, 0.3) is 0 Å². The van der Waals surface area contributed by atoms with Crippen molar-refractivity contribution < 1.29 is 9.50 Å². The maximum Gasteiger partial charge on any atom is 0.153 e. The van der Waals surface area contributed by atoms with E-state index in [-0.39, 0.29) is 18.0 Å². The van der Waals surface area contributed by atoms with Crippen LogP contribution < -0.4 is 10.6 Å². The van der Waals surface area contributed by atoms with E-state index in [0.717, 1.165) is 54.0 Å². The monoisotopic (exact) mass is 414 g/mol. The molecule has 1 saturated carbocycles. The Morgan fingerprint density at radius 2 is 1.93 bits per heavy atom. The number of rotatable bonds is 4. The summed E-state index contributed by atoms with van der Waals surface area (Å²) in [5.74, 6) is 0.470. The van der Waals surface area contributed by atoms with Crippen molar-refractivity contribution >= 4 is 29.8 Å². The highest BCUT2D eigenvalue weighted by molar-refractivity contribution is 7.81. The predicted molar refractivity (Wildman–Crippen MR) is 118 cm³/mol. The Hall–Kier alpha value is -2.25. The van der Waals surface area contributed by atoms with Gasteiger partial charge in [-0.3, -0.25) is 0 Å². The number of aromatic nitrogens is 1. The highest BCUT2D eigenvalue weighted by Gasteiger charge is 2.37. The van der Waals surface area contributed by atoms with Gasteiger partial charge in [0, 0.05) is 24.4 Å². The minimum absolute atomic E-state index is 0.0200. The van der Waals surface area contributed by atoms with E-state index in [1.165, 1.54) is 12.1 Å². The number of aliphatic hydroxyl groups is 1. The second-order valence-electron chi connectivity index (χ2n) is 7.97. The lowest BCUT2D eigenvalue weighted by Gasteiger charge is -2.31. The Balaban J connectivity index is 1.70. The minimum Gasteiger partial charge on any atom is -0.391 e. The molecule has 0 saturated heterocycles. The Bertz CT molecular complexity index is 915. The van der Waals surface area contributed by atoms with Crippen LogP contribution in [0.5, 0.6) is 0 Å². The summed E-state index contributed by atoms with van der Waals surface area (Å²) in [6.45, 7) is 1.98. The first-order valence-corrected chi connectivity index (χ1v) is 10.5. The quantitative estimate of drug-likeness (QED) is 0.572. The number of hydrogen-bond acceptors (Lipinski definition) is 6. The van der Waals surface area contributed by atoms with Gasteiger partial charge in [-0.2, -0.15) is 0 Å². The van der Waals surface area contributed by atoms with E-state index in [0.29, 0.717) is 0 Å². The maximum atomic E-state index is 13.4. The van der Waals surface area contributed by atoms with Gasteiger partial charge < -0.3 is 20.6 Å². The average molecular weight is 415 g/mol. The molecule has 1 aliphatic heterocycles. The predicted octanol–water partition coefficient (Wildman–Crippen LogP) is 3.90. The van der Waals surface area contributed by atoms with E-state index >= 15 is 0 Å². The zero-order valence-corrected chi connectivity index (χ0v) is 17.6. The fourth-order valence-corrected chi connectivity index (χ4v) is 4.27. The summed E-state index contributed by atoms with van der Waals surface area (Å²) in [5.41, 5.74) is 3.71. The summed E-state index contributed by atoms with van der Waals surface area (Å²) in [6.07, 6.45) is 5.36. The van der Waals surface area contributed by atoms with E-state index < -0.39 is 4.99 Å². The second-order valence-corrected chi connectivity index (χ2v) is 8.84. The number of anilines is 1. The number of aliphatic hydroxyl groups excluding tert-OH is 1. The molecule has 3 atom stereocenters. The van der Waals surface area contributed by atoms with Gasteiger partial charge in [0.05, 0.1) is 23.5 Å². The normalized spacial score (nSPS) is 27.1. The lowest BCUT2D eigenvalue weighted by molar-refractivity contribution is 0.116. The molecule has 29 heavy (non-hydrogen) atoms. The molecule has 3 N–H and O–H groups in total. The summed E-state index contributed by atoms with van der Waals surface area (Å²) in [4.78, 5) is 5.93. The molecule has 0 amide bonds. The number of nitrogens with zero attached hydrogens (tertiary/aromatic N) is 2. The van der Waals surface area contributed by atoms with Crippen LogP contribution in [0.2, 0.25) is 0 Å². The second kappa shape index (κ2) is 7.88. The van der Waals surface area contributed by atoms with Crippen LogP contribution in [0.4, 0.5) is 10.2 Å². The van der Waals surface area contributed by atoms with Gasteiger partial charge in [0.1, 0.15) is 11.6 Å². The lowest BCUT2D eigenvalue weighted by Crippen LogP contribution is -2.42. The molecule has 4 rings (SSSR count). The average Bonchev–Trinajstić information content (AvgIpc) is 2.94. The SMILES string of the molecule is CN1C(c2ccnc(N[C@@H]3CCCC[C@H]3O)c2)=C(c2ccc(F)cc2)NC1(C)S. The van der Waals surface area contributed by atoms with Crippen molar-refractivity contribution in [3.63, 3.8) is 0 Å². The van der Waals surface area contributed by atoms with Crippen molar-refractivity contribution in [1.82, 2.24) is 15.2 Å². The minimum atomic E-state index is -0.588. The Morgan fingerprint density at radius 1 is 1.21 bits per heavy atom. The van der Waals surface area contributed by atoms with Gasteiger partial charge in [-0.25, -0.2) is 9.37 Å². The maximum absolute atomic E-state index is 13.4. The summed E-state index contributed by atoms with van der Waals surface area (Å²) in [6, 6.07) is 10.4. The van der Waals surface area contributed by atoms with Crippen LogP contribution in [-0.4, -0.2) is 39.2 Å². The van der Waals surface area contributed by atoms with Crippen molar-refractivity contribution in [2.75, 3.05) is 12.4 Å². The fraction of sp³-hybridized carbons (Fsp3) is 0.409. The molecule has 154 valence electrons. The number of benzene rings is 1. The van der Waals surface area contributed by atoms with E-state index in [1.807, 2.05) is 26.1 Å². The molecule has 2 heterocycles. The Labute approximate surface area is 176 Å². The topological polar surface area (TPSA) is 60.4 Å². The van der Waals surface area contributed by atoms with E-state index in [1.54, 1.807) is 18.3 Å². The first kappa shape index (κ1) is 20.0. The van der Waals surface area contributed by atoms with Crippen LogP contribution in [0.3, 0.4) is 0 Å². The molecule has 1 aromatic carbocycles. The summed E-state index contributed by atoms with van der Waals surface area (Å²) < 4.78 is 13.4. The van der Waals surface area contributed by atoms with E-state index in [2.05, 4.69) is 20.5 Å². The van der Waals surface area contributed by atoms with Crippen LogP contribution in [0.15, 0.2) is 42.6 Å². The van der Waals surface area contributed by atoms with Crippen LogP contribution in [0.25, 0.3) is 11.4 Å². The molecule has 2 aromatic rings. The molecule has 7 heteroatoms. The van der Waals surface area contributed by atoms with Gasteiger partial charge in [0.2, 0.25) is 0 Å². The summed E-state index contributed by atoms with van der Waals surface area (Å²) >= 11 is 4.76. The zero-order valence-electron chi connectivity index (χ0n) is 16.7. The Morgan fingerprint density at radius 3 is 2.66 bits per heavy atom. The standard InChI is InChI=1S/C22H27FN4OS/c1-22(29)26-20(14-7-9-16(23)10-8-14)21(27(22)2)15-11-12-24-19(13-15)25-17-5-3-4-6-18(17)28/h7-13,17-18,26,28-29H,3-6H2,1-2H3,(H,24,25)/t17-,18-,22?/m1/s1. The Kier molecular flexibility index (Phi) is 5.44. The number of thiol groups is 1. The van der Waals surface area contributed by atoms with Crippen LogP contribution in [0, 0.1) is 5.82 Å². The van der Waals surface area contributed by atoms with Gasteiger partial charge in [0.15, 0.2) is 4.99 Å².